The van der Waals surface area contributed by atoms with Gasteiger partial charge in [0.1, 0.15) is 0 Å². The highest BCUT2D eigenvalue weighted by Gasteiger charge is 2.29. The Kier molecular flexibility index (Phi) is 6.69. The zero-order valence-electron chi connectivity index (χ0n) is 16.0. The Balaban J connectivity index is 1.82. The molecule has 0 atom stereocenters. The number of carbonyl (C=O) groups is 2. The topological polar surface area (TPSA) is 90.3 Å². The summed E-state index contributed by atoms with van der Waals surface area (Å²) in [5.41, 5.74) is 1.94. The van der Waals surface area contributed by atoms with Crippen molar-refractivity contribution in [1.29, 1.82) is 0 Å². The van der Waals surface area contributed by atoms with Crippen molar-refractivity contribution in [3.63, 3.8) is 0 Å². The molecule has 2 N–H and O–H groups in total. The Bertz CT molecular complexity index is 863. The predicted octanol–water partition coefficient (Wildman–Crippen LogP) is 4.32. The van der Waals surface area contributed by atoms with Crippen molar-refractivity contribution in [1.82, 2.24) is 4.90 Å². The number of anilines is 1. The molecular formula is C20H23ClN2O5S. The lowest BCUT2D eigenvalue weighted by atomic mass is 10.1. The number of halogens is 1. The summed E-state index contributed by atoms with van der Waals surface area (Å²) in [5, 5.41) is 0.565. The highest BCUT2D eigenvalue weighted by Crippen LogP contribution is 2.40. The van der Waals surface area contributed by atoms with E-state index in [9.17, 15) is 18.7 Å². The smallest absolute Gasteiger partial charge is 0.337 e. The Morgan fingerprint density at radius 1 is 1.07 bits per heavy atom. The third-order valence-electron chi connectivity index (χ3n) is 4.73. The van der Waals surface area contributed by atoms with Crippen LogP contribution in [0.5, 0.6) is 0 Å². The molecule has 2 aromatic rings. The van der Waals surface area contributed by atoms with Crippen LogP contribution in [0.3, 0.4) is 0 Å². The standard InChI is InChI=1S/C20H23ClN2O5S/c1-28-19(24)16-4-2-15(3-5-16)14-23(18-8-6-17(21)7-9-18)20(25)22-10-12-29(26,27)13-11-22/h2-9,26-27H,10-14H2,1H3. The van der Waals surface area contributed by atoms with E-state index in [4.69, 9.17) is 16.3 Å². The van der Waals surface area contributed by atoms with Gasteiger partial charge in [0.05, 0.1) is 30.7 Å². The summed E-state index contributed by atoms with van der Waals surface area (Å²) < 4.78 is 24.4. The quantitative estimate of drug-likeness (QED) is 0.694. The van der Waals surface area contributed by atoms with E-state index >= 15 is 0 Å². The van der Waals surface area contributed by atoms with E-state index in [0.717, 1.165) is 5.56 Å². The van der Waals surface area contributed by atoms with E-state index in [1.165, 1.54) is 7.11 Å². The number of urea groups is 1. The molecule has 0 aliphatic carbocycles. The molecule has 1 aliphatic rings. The maximum atomic E-state index is 13.2. The lowest BCUT2D eigenvalue weighted by Gasteiger charge is -2.42. The first-order chi connectivity index (χ1) is 13.8. The molecule has 0 spiro atoms. The zero-order chi connectivity index (χ0) is 21.0. The van der Waals surface area contributed by atoms with Crippen LogP contribution >= 0.6 is 22.2 Å². The molecule has 1 aliphatic heterocycles. The number of hydrogen-bond donors (Lipinski definition) is 2. The summed E-state index contributed by atoms with van der Waals surface area (Å²) in [6.45, 7) is 0.855. The lowest BCUT2D eigenvalue weighted by molar-refractivity contribution is 0.0600. The van der Waals surface area contributed by atoms with Crippen LogP contribution in [0.2, 0.25) is 5.02 Å². The third-order valence-corrected chi connectivity index (χ3v) is 6.66. The van der Waals surface area contributed by atoms with Crippen molar-refractivity contribution in [2.45, 2.75) is 6.54 Å². The van der Waals surface area contributed by atoms with Crippen LogP contribution in [-0.2, 0) is 11.3 Å². The van der Waals surface area contributed by atoms with Crippen molar-refractivity contribution in [2.75, 3.05) is 36.6 Å². The van der Waals surface area contributed by atoms with Gasteiger partial charge in [0.15, 0.2) is 0 Å². The molecule has 0 aromatic heterocycles. The van der Waals surface area contributed by atoms with Crippen LogP contribution in [0.15, 0.2) is 48.5 Å². The second kappa shape index (κ2) is 9.04. The van der Waals surface area contributed by atoms with Gasteiger partial charge in [0.25, 0.3) is 0 Å². The first kappa shape index (κ1) is 21.4. The number of rotatable bonds is 4. The van der Waals surface area contributed by atoms with Gasteiger partial charge >= 0.3 is 12.0 Å². The summed E-state index contributed by atoms with van der Waals surface area (Å²) >= 11 is 5.99. The van der Waals surface area contributed by atoms with Crippen molar-refractivity contribution in [3.05, 3.63) is 64.7 Å². The highest BCUT2D eigenvalue weighted by molar-refractivity contribution is 8.24. The van der Waals surface area contributed by atoms with E-state index < -0.39 is 16.6 Å². The normalized spacial score (nSPS) is 16.8. The van der Waals surface area contributed by atoms with Gasteiger partial charge in [-0.05, 0) is 42.0 Å². The molecule has 0 radical (unpaired) electrons. The van der Waals surface area contributed by atoms with Crippen LogP contribution in [0, 0.1) is 0 Å². The fourth-order valence-corrected chi connectivity index (χ4v) is 4.38. The van der Waals surface area contributed by atoms with Gasteiger partial charge in [-0.15, -0.1) is 0 Å². The van der Waals surface area contributed by atoms with Gasteiger partial charge in [0, 0.05) is 23.8 Å². The Morgan fingerprint density at radius 3 is 2.21 bits per heavy atom. The van der Waals surface area contributed by atoms with E-state index in [0.29, 0.717) is 16.3 Å². The average Bonchev–Trinajstić information content (AvgIpc) is 2.72. The van der Waals surface area contributed by atoms with Crippen LogP contribution in [0.25, 0.3) is 0 Å². The Labute approximate surface area is 176 Å². The molecule has 7 nitrogen and oxygen atoms in total. The minimum Gasteiger partial charge on any atom is -0.465 e. The first-order valence-corrected chi connectivity index (χ1v) is 11.3. The van der Waals surface area contributed by atoms with Crippen molar-refractivity contribution in [2.24, 2.45) is 0 Å². The Morgan fingerprint density at radius 2 is 1.66 bits per heavy atom. The summed E-state index contributed by atoms with van der Waals surface area (Å²) in [5.74, 6) is -0.0586. The zero-order valence-corrected chi connectivity index (χ0v) is 17.5. The minimum absolute atomic E-state index is 0.182. The number of hydrogen-bond acceptors (Lipinski definition) is 5. The largest absolute Gasteiger partial charge is 0.465 e. The fraction of sp³-hybridized carbons (Fsp3) is 0.300. The average molecular weight is 439 g/mol. The van der Waals surface area contributed by atoms with Crippen LogP contribution < -0.4 is 4.90 Å². The third kappa shape index (κ3) is 5.42. The number of benzene rings is 2. The van der Waals surface area contributed by atoms with Gasteiger partial charge in [-0.1, -0.05) is 23.7 Å². The van der Waals surface area contributed by atoms with Gasteiger partial charge in [0.2, 0.25) is 0 Å². The number of nitrogens with zero attached hydrogens (tertiary/aromatic N) is 2. The second-order valence-corrected chi connectivity index (χ2v) is 9.59. The molecule has 1 fully saturated rings. The summed E-state index contributed by atoms with van der Waals surface area (Å²) in [4.78, 5) is 28.1. The molecule has 0 saturated carbocycles. The Hall–Kier alpha value is -2.26. The molecule has 9 heteroatoms. The van der Waals surface area contributed by atoms with E-state index in [1.54, 1.807) is 58.3 Å². The molecule has 1 saturated heterocycles. The van der Waals surface area contributed by atoms with Gasteiger partial charge in [-0.3, -0.25) is 14.0 Å². The van der Waals surface area contributed by atoms with Crippen LogP contribution in [0.1, 0.15) is 15.9 Å². The van der Waals surface area contributed by atoms with E-state index in [2.05, 4.69) is 0 Å². The monoisotopic (exact) mass is 438 g/mol. The fourth-order valence-electron chi connectivity index (χ4n) is 3.03. The maximum Gasteiger partial charge on any atom is 0.337 e. The molecule has 156 valence electrons. The van der Waals surface area contributed by atoms with Gasteiger partial charge in [-0.2, -0.15) is 10.6 Å². The molecule has 0 unspecified atom stereocenters. The molecule has 1 heterocycles. The molecule has 0 bridgehead atoms. The summed E-state index contributed by atoms with van der Waals surface area (Å²) in [6, 6.07) is 13.6. The summed E-state index contributed by atoms with van der Waals surface area (Å²) in [7, 11) is -1.27. The molecule has 3 rings (SSSR count). The minimum atomic E-state index is -2.59. The number of carbonyl (C=O) groups excluding carboxylic acids is 2. The van der Waals surface area contributed by atoms with E-state index in [1.807, 2.05) is 0 Å². The lowest BCUT2D eigenvalue weighted by Crippen LogP contribution is -2.48. The maximum absolute atomic E-state index is 13.2. The van der Waals surface area contributed by atoms with Crippen molar-refractivity contribution < 1.29 is 23.4 Å². The van der Waals surface area contributed by atoms with Crippen LogP contribution in [-0.4, -0.2) is 57.7 Å². The number of ether oxygens (including phenoxy) is 1. The van der Waals surface area contributed by atoms with Crippen LogP contribution in [0.4, 0.5) is 10.5 Å². The number of amides is 2. The van der Waals surface area contributed by atoms with E-state index in [-0.39, 0.29) is 37.2 Å². The van der Waals surface area contributed by atoms with Crippen molar-refractivity contribution in [3.8, 4) is 0 Å². The number of methoxy groups -OCH3 is 1. The highest BCUT2D eigenvalue weighted by atomic mass is 35.5. The van der Waals surface area contributed by atoms with Gasteiger partial charge < -0.3 is 9.64 Å². The molecule has 29 heavy (non-hydrogen) atoms. The molecule has 2 aromatic carbocycles. The summed E-state index contributed by atoms with van der Waals surface area (Å²) in [6.07, 6.45) is 0. The molecular weight excluding hydrogens is 416 g/mol. The predicted molar refractivity (Wildman–Crippen MR) is 115 cm³/mol. The first-order valence-electron chi connectivity index (χ1n) is 9.02. The van der Waals surface area contributed by atoms with Gasteiger partial charge in [-0.25, -0.2) is 9.59 Å². The molecule has 2 amide bonds. The second-order valence-electron chi connectivity index (χ2n) is 6.73. The SMILES string of the molecule is COC(=O)c1ccc(CN(C(=O)N2CCS(O)(O)CC2)c2ccc(Cl)cc2)cc1. The number of esters is 1. The van der Waals surface area contributed by atoms with Crippen molar-refractivity contribution >= 4 is 39.9 Å².